The number of nitrogens with zero attached hydrogens (tertiary/aromatic N) is 1. The molecule has 0 atom stereocenters. The van der Waals surface area contributed by atoms with E-state index in [1.165, 1.54) is 11.1 Å². The lowest BCUT2D eigenvalue weighted by atomic mass is 9.85. The van der Waals surface area contributed by atoms with Gasteiger partial charge in [0.2, 0.25) is 0 Å². The van der Waals surface area contributed by atoms with Gasteiger partial charge >= 0.3 is 0 Å². The molecule has 0 spiro atoms. The molecule has 1 saturated heterocycles. The average Bonchev–Trinajstić information content (AvgIpc) is 2.88. The van der Waals surface area contributed by atoms with E-state index in [1.54, 1.807) is 0 Å². The van der Waals surface area contributed by atoms with Gasteiger partial charge in [-0.05, 0) is 62.8 Å². The quantitative estimate of drug-likeness (QED) is 0.699. The second-order valence-corrected chi connectivity index (χ2v) is 8.16. The summed E-state index contributed by atoms with van der Waals surface area (Å²) < 4.78 is 22.8. The zero-order valence-corrected chi connectivity index (χ0v) is 16.7. The molecule has 2 rings (SSSR count). The largest absolute Gasteiger partial charge is 0.493 e. The van der Waals surface area contributed by atoms with Crippen molar-refractivity contribution >= 4 is 0 Å². The van der Waals surface area contributed by atoms with Gasteiger partial charge in [-0.25, -0.2) is 0 Å². The molecule has 0 aromatic heterocycles. The molecule has 0 saturated carbocycles. The summed E-state index contributed by atoms with van der Waals surface area (Å²) in [6, 6.07) is 6.41. The van der Waals surface area contributed by atoms with Gasteiger partial charge < -0.3 is 15.0 Å². The van der Waals surface area contributed by atoms with Gasteiger partial charge in [0.05, 0.1) is 6.61 Å². The highest BCUT2D eigenvalue weighted by molar-refractivity contribution is 5.41. The van der Waals surface area contributed by atoms with Gasteiger partial charge in [0, 0.05) is 15.8 Å². The summed E-state index contributed by atoms with van der Waals surface area (Å²) in [5.41, 5.74) is 2.59. The Bertz CT molecular complexity index is 576. The van der Waals surface area contributed by atoms with Crippen LogP contribution in [0.15, 0.2) is 18.2 Å². The molecule has 1 N–H and O–H groups in total. The lowest BCUT2D eigenvalue weighted by Gasteiger charge is -2.23. The molecule has 0 amide bonds. The summed E-state index contributed by atoms with van der Waals surface area (Å²) in [5.74, 6) is 0.987. The molecule has 0 aliphatic carbocycles. The highest BCUT2D eigenvalue weighted by atomic mass is 16.5. The van der Waals surface area contributed by atoms with E-state index in [4.69, 9.17) is 7.48 Å². The third-order valence-corrected chi connectivity index (χ3v) is 4.70. The maximum atomic E-state index is 8.38. The van der Waals surface area contributed by atoms with Crippen LogP contribution in [0.5, 0.6) is 5.75 Å². The molecule has 0 bridgehead atoms. The van der Waals surface area contributed by atoms with Crippen LogP contribution in [0.25, 0.3) is 0 Å². The number of unbranched alkanes of at least 4 members (excludes halogenated alkanes) is 2. The summed E-state index contributed by atoms with van der Waals surface area (Å²) in [6.07, 6.45) is 4.50. The molecule has 1 aliphatic heterocycles. The Morgan fingerprint density at radius 2 is 1.92 bits per heavy atom. The number of rotatable bonds is 8. The molecule has 142 valence electrons. The van der Waals surface area contributed by atoms with Crippen LogP contribution in [0.3, 0.4) is 0 Å². The van der Waals surface area contributed by atoms with Crippen LogP contribution in [0.2, 0.25) is 0 Å². The van der Waals surface area contributed by atoms with Gasteiger partial charge in [0.15, 0.2) is 0 Å². The standard InChI is InChI=1S/C22H38N2O/c1-19-10-11-21(20(18-19)22(2,3)4)25-17-8-6-5-7-14-24-15-9-12-23-13-16-24/h10-11,18,23H,5-9,12-17H2,1-4H3/i14D2. The maximum Gasteiger partial charge on any atom is 0.123 e. The van der Waals surface area contributed by atoms with Crippen LogP contribution < -0.4 is 10.1 Å². The Kier molecular flexibility index (Phi) is 7.07. The predicted molar refractivity (Wildman–Crippen MR) is 108 cm³/mol. The summed E-state index contributed by atoms with van der Waals surface area (Å²) in [6.45, 7) is 11.8. The van der Waals surface area contributed by atoms with E-state index < -0.39 is 6.50 Å². The molecule has 1 fully saturated rings. The number of benzene rings is 1. The van der Waals surface area contributed by atoms with E-state index in [2.05, 4.69) is 51.2 Å². The molecule has 3 heteroatoms. The van der Waals surface area contributed by atoms with Crippen LogP contribution in [-0.2, 0) is 5.41 Å². The Morgan fingerprint density at radius 3 is 2.72 bits per heavy atom. The third-order valence-electron chi connectivity index (χ3n) is 4.70. The van der Waals surface area contributed by atoms with Crippen molar-refractivity contribution in [2.45, 2.75) is 65.2 Å². The second kappa shape index (κ2) is 10.2. The van der Waals surface area contributed by atoms with Gasteiger partial charge in [0.25, 0.3) is 0 Å². The molecule has 1 aromatic rings. The molecule has 1 heterocycles. The van der Waals surface area contributed by atoms with Crippen molar-refractivity contribution in [2.75, 3.05) is 39.3 Å². The molecule has 3 nitrogen and oxygen atoms in total. The maximum absolute atomic E-state index is 8.38. The smallest absolute Gasteiger partial charge is 0.123 e. The first-order chi connectivity index (χ1) is 12.7. The van der Waals surface area contributed by atoms with Crippen molar-refractivity contribution in [3.8, 4) is 5.75 Å². The molecule has 25 heavy (non-hydrogen) atoms. The lowest BCUT2D eigenvalue weighted by Crippen LogP contribution is -2.29. The van der Waals surface area contributed by atoms with Crippen molar-refractivity contribution in [3.63, 3.8) is 0 Å². The van der Waals surface area contributed by atoms with Crippen LogP contribution in [0.4, 0.5) is 0 Å². The minimum atomic E-state index is -1.19. The summed E-state index contributed by atoms with van der Waals surface area (Å²) in [7, 11) is 0. The van der Waals surface area contributed by atoms with E-state index in [-0.39, 0.29) is 5.41 Å². The van der Waals surface area contributed by atoms with Crippen LogP contribution >= 0.6 is 0 Å². The Labute approximate surface area is 157 Å². The van der Waals surface area contributed by atoms with Crippen molar-refractivity contribution in [2.24, 2.45) is 0 Å². The Morgan fingerprint density at radius 1 is 1.12 bits per heavy atom. The van der Waals surface area contributed by atoms with Crippen LogP contribution in [-0.4, -0.2) is 44.2 Å². The van der Waals surface area contributed by atoms with E-state index in [0.717, 1.165) is 57.6 Å². The lowest BCUT2D eigenvalue weighted by molar-refractivity contribution is 0.275. The molecule has 0 unspecified atom stereocenters. The number of hydrogen-bond donors (Lipinski definition) is 1. The van der Waals surface area contributed by atoms with E-state index in [9.17, 15) is 0 Å². The summed E-state index contributed by atoms with van der Waals surface area (Å²) in [5, 5.41) is 3.34. The first kappa shape index (κ1) is 17.4. The zero-order chi connectivity index (χ0) is 19.9. The number of aryl methyl sites for hydroxylation is 1. The van der Waals surface area contributed by atoms with Crippen molar-refractivity contribution in [3.05, 3.63) is 29.3 Å². The zero-order valence-electron chi connectivity index (χ0n) is 18.7. The van der Waals surface area contributed by atoms with Crippen molar-refractivity contribution in [1.29, 1.82) is 0 Å². The third kappa shape index (κ3) is 7.37. The van der Waals surface area contributed by atoms with Gasteiger partial charge in [-0.2, -0.15) is 0 Å². The Balaban J connectivity index is 1.73. The topological polar surface area (TPSA) is 24.5 Å². The fourth-order valence-electron chi connectivity index (χ4n) is 3.18. The van der Waals surface area contributed by atoms with Crippen LogP contribution in [0.1, 0.15) is 66.7 Å². The normalized spacial score (nSPS) is 18.4. The molecule has 1 aliphatic rings. The van der Waals surface area contributed by atoms with Crippen molar-refractivity contribution in [1.82, 2.24) is 10.2 Å². The second-order valence-electron chi connectivity index (χ2n) is 8.16. The van der Waals surface area contributed by atoms with E-state index in [0.29, 0.717) is 13.0 Å². The average molecular weight is 349 g/mol. The molecular formula is C22H38N2O. The highest BCUT2D eigenvalue weighted by Crippen LogP contribution is 2.32. The predicted octanol–water partition coefficient (Wildman–Crippen LogP) is 4.53. The fourth-order valence-corrected chi connectivity index (χ4v) is 3.18. The van der Waals surface area contributed by atoms with Crippen LogP contribution in [0, 0.1) is 6.92 Å². The number of ether oxygens (including phenoxy) is 1. The minimum absolute atomic E-state index is 0.0689. The molecular weight excluding hydrogens is 308 g/mol. The van der Waals surface area contributed by atoms with E-state index >= 15 is 0 Å². The number of nitrogens with one attached hydrogen (secondary N) is 1. The summed E-state index contributed by atoms with van der Waals surface area (Å²) in [4.78, 5) is 2.01. The molecule has 1 aromatic carbocycles. The van der Waals surface area contributed by atoms with Gasteiger partial charge in [0.1, 0.15) is 5.75 Å². The minimum Gasteiger partial charge on any atom is -0.493 e. The summed E-state index contributed by atoms with van der Waals surface area (Å²) >= 11 is 0. The first-order valence-electron chi connectivity index (χ1n) is 10.9. The van der Waals surface area contributed by atoms with Gasteiger partial charge in [-0.15, -0.1) is 0 Å². The molecule has 0 radical (unpaired) electrons. The fraction of sp³-hybridized carbons (Fsp3) is 0.727. The monoisotopic (exact) mass is 348 g/mol. The number of hydrogen-bond acceptors (Lipinski definition) is 3. The Hall–Kier alpha value is -1.06. The van der Waals surface area contributed by atoms with Crippen molar-refractivity contribution < 1.29 is 7.48 Å². The highest BCUT2D eigenvalue weighted by Gasteiger charge is 2.19. The van der Waals surface area contributed by atoms with Gasteiger partial charge in [-0.3, -0.25) is 0 Å². The van der Waals surface area contributed by atoms with Gasteiger partial charge in [-0.1, -0.05) is 51.3 Å². The van der Waals surface area contributed by atoms with E-state index in [1.807, 2.05) is 4.90 Å². The SMILES string of the molecule is [2H]C([2H])(CCCCCOc1ccc(C)cc1C(C)(C)C)N1CCCNCC1. The first-order valence-corrected chi connectivity index (χ1v) is 9.90.